The summed E-state index contributed by atoms with van der Waals surface area (Å²) < 4.78 is 2.20. The molecular formula is C14H11ClN4S. The molecule has 4 nitrogen and oxygen atoms in total. The zero-order chi connectivity index (χ0) is 13.3. The van der Waals surface area contributed by atoms with Gasteiger partial charge in [-0.3, -0.25) is 0 Å². The first-order valence-electron chi connectivity index (χ1n) is 6.73. The molecule has 5 rings (SSSR count). The van der Waals surface area contributed by atoms with Gasteiger partial charge in [-0.25, -0.2) is 15.0 Å². The van der Waals surface area contributed by atoms with Crippen molar-refractivity contribution in [2.24, 2.45) is 0 Å². The Kier molecular flexibility index (Phi) is 2.13. The third-order valence-corrected chi connectivity index (χ3v) is 6.07. The molecular weight excluding hydrogens is 292 g/mol. The van der Waals surface area contributed by atoms with Crippen LogP contribution in [0.1, 0.15) is 41.2 Å². The number of hydrogen-bond donors (Lipinski definition) is 0. The molecule has 0 saturated heterocycles. The minimum absolute atomic E-state index is 0.438. The highest BCUT2D eigenvalue weighted by molar-refractivity contribution is 7.10. The Bertz CT molecular complexity index is 824. The van der Waals surface area contributed by atoms with Gasteiger partial charge in [-0.2, -0.15) is 0 Å². The molecule has 3 heterocycles. The first-order valence-corrected chi connectivity index (χ1v) is 7.99. The van der Waals surface area contributed by atoms with Crippen molar-refractivity contribution in [3.05, 3.63) is 39.7 Å². The quantitative estimate of drug-likeness (QED) is 0.643. The average Bonchev–Trinajstić information content (AvgIpc) is 3.19. The largest absolute Gasteiger partial charge is 0.311 e. The maximum absolute atomic E-state index is 6.09. The molecule has 3 aromatic rings. The summed E-state index contributed by atoms with van der Waals surface area (Å²) in [4.78, 5) is 14.4. The van der Waals surface area contributed by atoms with Gasteiger partial charge in [0.1, 0.15) is 11.8 Å². The third-order valence-electron chi connectivity index (χ3n) is 4.70. The molecule has 0 aromatic carbocycles. The van der Waals surface area contributed by atoms with Gasteiger partial charge in [0.2, 0.25) is 0 Å². The lowest BCUT2D eigenvalue weighted by molar-refractivity contribution is 0.460. The number of aromatic nitrogens is 4. The minimum Gasteiger partial charge on any atom is -0.311 e. The summed E-state index contributed by atoms with van der Waals surface area (Å²) in [7, 11) is 0. The van der Waals surface area contributed by atoms with Crippen molar-refractivity contribution in [2.75, 3.05) is 0 Å². The van der Waals surface area contributed by atoms with Crippen molar-refractivity contribution in [3.63, 3.8) is 0 Å². The zero-order valence-corrected chi connectivity index (χ0v) is 12.1. The van der Waals surface area contributed by atoms with Gasteiger partial charge in [0.05, 0.1) is 6.33 Å². The highest BCUT2D eigenvalue weighted by Gasteiger charge is 2.45. The smallest absolute Gasteiger partial charge is 0.165 e. The van der Waals surface area contributed by atoms with E-state index in [4.69, 9.17) is 11.6 Å². The van der Waals surface area contributed by atoms with E-state index in [0.717, 1.165) is 11.6 Å². The summed E-state index contributed by atoms with van der Waals surface area (Å²) >= 11 is 8.00. The van der Waals surface area contributed by atoms with E-state index in [1.807, 2.05) is 17.7 Å². The van der Waals surface area contributed by atoms with Crippen molar-refractivity contribution in [2.45, 2.75) is 30.7 Å². The number of rotatable bonds is 1. The van der Waals surface area contributed by atoms with Crippen molar-refractivity contribution in [3.8, 4) is 0 Å². The van der Waals surface area contributed by atoms with E-state index in [-0.39, 0.29) is 0 Å². The van der Waals surface area contributed by atoms with Crippen LogP contribution in [0.25, 0.3) is 11.2 Å². The van der Waals surface area contributed by atoms with Crippen LogP contribution in [0.3, 0.4) is 0 Å². The fourth-order valence-corrected chi connectivity index (χ4v) is 5.19. The second-order valence-corrected chi connectivity index (χ2v) is 6.88. The van der Waals surface area contributed by atoms with E-state index in [9.17, 15) is 0 Å². The standard InChI is InChI=1S/C14H11ClN4S/c15-13-11-14(17-5-16-13)19(6-18-11)10-4-7-3-9(10)8-1-2-20-12(7)8/h1-2,5-7,9-10H,3-4H2/t7-,9-,10+/m1/s1. The van der Waals surface area contributed by atoms with Gasteiger partial charge in [0.15, 0.2) is 10.8 Å². The third kappa shape index (κ3) is 1.29. The van der Waals surface area contributed by atoms with Crippen LogP contribution in [0.15, 0.2) is 24.1 Å². The number of hydrogen-bond acceptors (Lipinski definition) is 4. The molecule has 2 aliphatic carbocycles. The summed E-state index contributed by atoms with van der Waals surface area (Å²) in [6.45, 7) is 0. The van der Waals surface area contributed by atoms with E-state index in [1.54, 1.807) is 10.4 Å². The van der Waals surface area contributed by atoms with Gasteiger partial charge < -0.3 is 4.57 Å². The highest BCUT2D eigenvalue weighted by Crippen LogP contribution is 2.59. The van der Waals surface area contributed by atoms with Crippen LogP contribution in [-0.4, -0.2) is 19.5 Å². The lowest BCUT2D eigenvalue weighted by atomic mass is 9.93. The minimum atomic E-state index is 0.438. The molecule has 0 spiro atoms. The Morgan fingerprint density at radius 1 is 1.25 bits per heavy atom. The summed E-state index contributed by atoms with van der Waals surface area (Å²) in [5, 5.41) is 2.66. The molecule has 6 heteroatoms. The topological polar surface area (TPSA) is 43.6 Å². The lowest BCUT2D eigenvalue weighted by Crippen LogP contribution is -2.14. The van der Waals surface area contributed by atoms with E-state index in [0.29, 0.717) is 22.6 Å². The van der Waals surface area contributed by atoms with E-state index in [1.165, 1.54) is 19.2 Å². The van der Waals surface area contributed by atoms with Crippen molar-refractivity contribution in [1.82, 2.24) is 19.5 Å². The van der Waals surface area contributed by atoms with E-state index < -0.39 is 0 Å². The summed E-state index contributed by atoms with van der Waals surface area (Å²) in [5.41, 5.74) is 3.11. The molecule has 1 saturated carbocycles. The first-order chi connectivity index (χ1) is 9.83. The fourth-order valence-electron chi connectivity index (χ4n) is 3.91. The van der Waals surface area contributed by atoms with Crippen LogP contribution in [-0.2, 0) is 0 Å². The van der Waals surface area contributed by atoms with Crippen LogP contribution >= 0.6 is 22.9 Å². The molecule has 3 aromatic heterocycles. The van der Waals surface area contributed by atoms with Gasteiger partial charge >= 0.3 is 0 Å². The second kappa shape index (κ2) is 3.80. The van der Waals surface area contributed by atoms with Gasteiger partial charge in [-0.05, 0) is 35.8 Å². The highest BCUT2D eigenvalue weighted by atomic mass is 35.5. The van der Waals surface area contributed by atoms with Gasteiger partial charge in [0.25, 0.3) is 0 Å². The first kappa shape index (κ1) is 11.2. The van der Waals surface area contributed by atoms with Crippen LogP contribution < -0.4 is 0 Å². The van der Waals surface area contributed by atoms with Gasteiger partial charge in [0, 0.05) is 16.8 Å². The molecule has 0 aliphatic heterocycles. The van der Waals surface area contributed by atoms with Crippen molar-refractivity contribution in [1.29, 1.82) is 0 Å². The number of imidazole rings is 1. The molecule has 100 valence electrons. The van der Waals surface area contributed by atoms with E-state index in [2.05, 4.69) is 31.0 Å². The monoisotopic (exact) mass is 302 g/mol. The van der Waals surface area contributed by atoms with Crippen LogP contribution in [0.5, 0.6) is 0 Å². The molecule has 1 fully saturated rings. The number of halogens is 1. The van der Waals surface area contributed by atoms with Crippen LogP contribution in [0, 0.1) is 0 Å². The molecule has 0 unspecified atom stereocenters. The number of nitrogens with zero attached hydrogens (tertiary/aromatic N) is 4. The molecule has 20 heavy (non-hydrogen) atoms. The predicted molar refractivity (Wildman–Crippen MR) is 78.4 cm³/mol. The maximum Gasteiger partial charge on any atom is 0.165 e. The van der Waals surface area contributed by atoms with Crippen molar-refractivity contribution >= 4 is 34.1 Å². The van der Waals surface area contributed by atoms with Gasteiger partial charge in [-0.1, -0.05) is 11.6 Å². The molecule has 2 bridgehead atoms. The lowest BCUT2D eigenvalue weighted by Gasteiger charge is -2.23. The Labute approximate surface area is 124 Å². The summed E-state index contributed by atoms with van der Waals surface area (Å²) in [5.74, 6) is 1.32. The number of fused-ring (bicyclic) bond motifs is 6. The Morgan fingerprint density at radius 2 is 2.20 bits per heavy atom. The normalized spacial score (nSPS) is 27.4. The number of thiophene rings is 1. The van der Waals surface area contributed by atoms with Crippen molar-refractivity contribution < 1.29 is 0 Å². The van der Waals surface area contributed by atoms with Gasteiger partial charge in [-0.15, -0.1) is 11.3 Å². The molecule has 0 amide bonds. The summed E-state index contributed by atoms with van der Waals surface area (Å²) in [6.07, 6.45) is 5.85. The Morgan fingerprint density at radius 3 is 3.15 bits per heavy atom. The van der Waals surface area contributed by atoms with Crippen LogP contribution in [0.2, 0.25) is 5.15 Å². The maximum atomic E-state index is 6.09. The molecule has 0 radical (unpaired) electrons. The Balaban J connectivity index is 1.66. The Hall–Kier alpha value is -1.46. The SMILES string of the molecule is Clc1ncnc2c1ncn2[C@H]1C[C@H]2C[C@@H]1c1ccsc12. The fraction of sp³-hybridized carbons (Fsp3) is 0.357. The average molecular weight is 303 g/mol. The molecule has 2 aliphatic rings. The van der Waals surface area contributed by atoms with Crippen LogP contribution in [0.4, 0.5) is 0 Å². The molecule has 3 atom stereocenters. The summed E-state index contributed by atoms with van der Waals surface area (Å²) in [6, 6.07) is 2.75. The zero-order valence-electron chi connectivity index (χ0n) is 10.5. The molecule has 0 N–H and O–H groups in total. The van der Waals surface area contributed by atoms with E-state index >= 15 is 0 Å². The predicted octanol–water partition coefficient (Wildman–Crippen LogP) is 3.76. The second-order valence-electron chi connectivity index (χ2n) is 5.57.